The van der Waals surface area contributed by atoms with Gasteiger partial charge in [0.1, 0.15) is 0 Å². The van der Waals surface area contributed by atoms with Crippen molar-refractivity contribution in [3.05, 3.63) is 15.9 Å². The van der Waals surface area contributed by atoms with Crippen LogP contribution in [-0.4, -0.2) is 39.1 Å². The normalized spacial score (nSPS) is 19.4. The molecule has 1 aromatic heterocycles. The Bertz CT molecular complexity index is 555. The van der Waals surface area contributed by atoms with E-state index in [-0.39, 0.29) is 30.9 Å². The lowest BCUT2D eigenvalue weighted by Gasteiger charge is -2.31. The molecule has 1 aliphatic rings. The highest BCUT2D eigenvalue weighted by molar-refractivity contribution is 9.10. The molecule has 0 bridgehead atoms. The Morgan fingerprint density at radius 3 is 2.62 bits per heavy atom. The first-order chi connectivity index (χ1) is 10.0. The number of aromatic nitrogens is 2. The van der Waals surface area contributed by atoms with Crippen LogP contribution in [0, 0.1) is 0 Å². The van der Waals surface area contributed by atoms with E-state index < -0.39 is 0 Å². The molecule has 0 spiro atoms. The zero-order valence-electron chi connectivity index (χ0n) is 12.6. The third-order valence-electron chi connectivity index (χ3n) is 3.78. The van der Waals surface area contributed by atoms with Gasteiger partial charge in [-0.3, -0.25) is 24.5 Å². The van der Waals surface area contributed by atoms with E-state index in [4.69, 9.17) is 0 Å². The molecule has 0 saturated carbocycles. The van der Waals surface area contributed by atoms with E-state index in [1.54, 1.807) is 0 Å². The molecule has 2 amide bonds. The fourth-order valence-electron chi connectivity index (χ4n) is 2.51. The van der Waals surface area contributed by atoms with Crippen molar-refractivity contribution >= 4 is 27.7 Å². The minimum absolute atomic E-state index is 0.150. The summed E-state index contributed by atoms with van der Waals surface area (Å²) < 4.78 is 2.76. The Morgan fingerprint density at radius 2 is 2.05 bits per heavy atom. The first-order valence-corrected chi connectivity index (χ1v) is 8.14. The van der Waals surface area contributed by atoms with Crippen LogP contribution in [0.4, 0.5) is 0 Å². The fraction of sp³-hybridized carbons (Fsp3) is 0.643. The number of nitrogens with zero attached hydrogens (tertiary/aromatic N) is 3. The first kappa shape index (κ1) is 16.2. The summed E-state index contributed by atoms with van der Waals surface area (Å²) in [5.41, 5.74) is 1.83. The maximum Gasteiger partial charge on any atom is 0.246 e. The third-order valence-corrected chi connectivity index (χ3v) is 4.69. The van der Waals surface area contributed by atoms with Crippen LogP contribution >= 0.6 is 15.9 Å². The lowest BCUT2D eigenvalue weighted by atomic mass is 10.1. The summed E-state index contributed by atoms with van der Waals surface area (Å²) in [4.78, 5) is 25.8. The number of aryl methyl sites for hydroxylation is 2. The summed E-state index contributed by atoms with van der Waals surface area (Å²) in [6.07, 6.45) is 1.48. The molecule has 0 radical (unpaired) electrons. The summed E-state index contributed by atoms with van der Waals surface area (Å²) in [5.74, 6) is -0.332. The molecule has 1 aliphatic heterocycles. The molecule has 1 N–H and O–H groups in total. The van der Waals surface area contributed by atoms with Crippen molar-refractivity contribution in [1.82, 2.24) is 20.0 Å². The summed E-state index contributed by atoms with van der Waals surface area (Å²) >= 11 is 3.55. The highest BCUT2D eigenvalue weighted by Crippen LogP contribution is 2.24. The molecule has 1 atom stereocenters. The van der Waals surface area contributed by atoms with Gasteiger partial charge in [0, 0.05) is 6.54 Å². The van der Waals surface area contributed by atoms with Crippen molar-refractivity contribution < 1.29 is 9.59 Å². The molecule has 116 valence electrons. The lowest BCUT2D eigenvalue weighted by Crippen LogP contribution is -2.57. The molecule has 1 aromatic rings. The van der Waals surface area contributed by atoms with Gasteiger partial charge < -0.3 is 0 Å². The van der Waals surface area contributed by atoms with Crippen molar-refractivity contribution in [2.24, 2.45) is 0 Å². The van der Waals surface area contributed by atoms with E-state index in [0.29, 0.717) is 13.0 Å². The lowest BCUT2D eigenvalue weighted by molar-refractivity contribution is -0.150. The summed E-state index contributed by atoms with van der Waals surface area (Å²) in [7, 11) is 0. The Hall–Kier alpha value is -1.21. The number of carbonyl (C=O) groups is 2. The van der Waals surface area contributed by atoms with E-state index in [1.165, 1.54) is 4.90 Å². The first-order valence-electron chi connectivity index (χ1n) is 7.35. The summed E-state index contributed by atoms with van der Waals surface area (Å²) in [5, 5.41) is 7.48. The van der Waals surface area contributed by atoms with Crippen LogP contribution < -0.4 is 5.32 Å². The number of hydrogen-bond acceptors (Lipinski definition) is 4. The van der Waals surface area contributed by atoms with Gasteiger partial charge in [0.2, 0.25) is 11.8 Å². The van der Waals surface area contributed by atoms with Crippen LogP contribution in [-0.2, 0) is 29.1 Å². The highest BCUT2D eigenvalue weighted by atomic mass is 79.9. The highest BCUT2D eigenvalue weighted by Gasteiger charge is 2.34. The summed E-state index contributed by atoms with van der Waals surface area (Å²) in [6.45, 7) is 7.16. The molecule has 1 fully saturated rings. The molecule has 6 nitrogen and oxygen atoms in total. The van der Waals surface area contributed by atoms with Crippen molar-refractivity contribution in [1.29, 1.82) is 0 Å². The summed E-state index contributed by atoms with van der Waals surface area (Å²) in [6, 6.07) is -0.273. The minimum atomic E-state index is -0.273. The van der Waals surface area contributed by atoms with Gasteiger partial charge in [0.05, 0.1) is 35.0 Å². The Morgan fingerprint density at radius 1 is 1.33 bits per heavy atom. The molecule has 7 heteroatoms. The Labute approximate surface area is 133 Å². The standard InChI is InChI=1S/C14H21BrN4O2/c1-4-9-13(15)11(19(6-3)17-9)8-18-12(20)7-16-10(5-2)14(18)21/h10,16H,4-8H2,1-3H3. The van der Waals surface area contributed by atoms with Crippen LogP contribution in [0.1, 0.15) is 38.6 Å². The maximum absolute atomic E-state index is 12.4. The van der Waals surface area contributed by atoms with E-state index in [0.717, 1.165) is 22.3 Å². The predicted octanol–water partition coefficient (Wildman–Crippen LogP) is 1.46. The SMILES string of the molecule is CCc1nn(CC)c(CN2C(=O)CNC(CC)C2=O)c1Br. The van der Waals surface area contributed by atoms with Gasteiger partial charge in [-0.1, -0.05) is 13.8 Å². The number of rotatable bonds is 5. The molecule has 21 heavy (non-hydrogen) atoms. The van der Waals surface area contributed by atoms with Gasteiger partial charge in [-0.05, 0) is 35.7 Å². The maximum atomic E-state index is 12.4. The van der Waals surface area contributed by atoms with Crippen molar-refractivity contribution in [3.8, 4) is 0 Å². The number of hydrogen-bond donors (Lipinski definition) is 1. The Balaban J connectivity index is 2.29. The molecule has 1 unspecified atom stereocenters. The number of carbonyl (C=O) groups excluding carboxylic acids is 2. The fourth-order valence-corrected chi connectivity index (χ4v) is 3.20. The molecule has 2 heterocycles. The van der Waals surface area contributed by atoms with Gasteiger partial charge in [-0.25, -0.2) is 0 Å². The van der Waals surface area contributed by atoms with Crippen molar-refractivity contribution in [2.75, 3.05) is 6.54 Å². The smallest absolute Gasteiger partial charge is 0.246 e. The number of nitrogens with one attached hydrogen (secondary N) is 1. The number of piperazine rings is 1. The van der Waals surface area contributed by atoms with Crippen LogP contribution in [0.3, 0.4) is 0 Å². The molecular weight excluding hydrogens is 336 g/mol. The van der Waals surface area contributed by atoms with Crippen LogP contribution in [0.5, 0.6) is 0 Å². The van der Waals surface area contributed by atoms with Crippen LogP contribution in [0.25, 0.3) is 0 Å². The monoisotopic (exact) mass is 356 g/mol. The van der Waals surface area contributed by atoms with Crippen molar-refractivity contribution in [3.63, 3.8) is 0 Å². The zero-order chi connectivity index (χ0) is 15.6. The predicted molar refractivity (Wildman–Crippen MR) is 82.6 cm³/mol. The van der Waals surface area contributed by atoms with Gasteiger partial charge >= 0.3 is 0 Å². The molecular formula is C14H21BrN4O2. The van der Waals surface area contributed by atoms with Gasteiger partial charge in [-0.2, -0.15) is 5.10 Å². The van der Waals surface area contributed by atoms with Gasteiger partial charge in [-0.15, -0.1) is 0 Å². The average molecular weight is 357 g/mol. The second-order valence-electron chi connectivity index (χ2n) is 5.04. The molecule has 2 rings (SSSR count). The number of imide groups is 1. The van der Waals surface area contributed by atoms with Crippen LogP contribution in [0.15, 0.2) is 4.47 Å². The van der Waals surface area contributed by atoms with E-state index >= 15 is 0 Å². The van der Waals surface area contributed by atoms with Gasteiger partial charge in [0.25, 0.3) is 0 Å². The Kier molecular flexibility index (Phi) is 5.16. The average Bonchev–Trinajstić information content (AvgIpc) is 2.79. The molecule has 1 saturated heterocycles. The van der Waals surface area contributed by atoms with E-state index in [9.17, 15) is 9.59 Å². The second-order valence-corrected chi connectivity index (χ2v) is 5.83. The second kappa shape index (κ2) is 6.70. The molecule has 0 aromatic carbocycles. The van der Waals surface area contributed by atoms with E-state index in [2.05, 4.69) is 26.3 Å². The minimum Gasteiger partial charge on any atom is -0.297 e. The quantitative estimate of drug-likeness (QED) is 0.811. The zero-order valence-corrected chi connectivity index (χ0v) is 14.2. The topological polar surface area (TPSA) is 67.2 Å². The van der Waals surface area contributed by atoms with Crippen molar-refractivity contribution in [2.45, 2.75) is 52.7 Å². The third kappa shape index (κ3) is 3.03. The molecule has 0 aliphatic carbocycles. The van der Waals surface area contributed by atoms with Crippen LogP contribution in [0.2, 0.25) is 0 Å². The largest absolute Gasteiger partial charge is 0.297 e. The number of halogens is 1. The van der Waals surface area contributed by atoms with E-state index in [1.807, 2.05) is 25.5 Å². The number of amides is 2. The van der Waals surface area contributed by atoms with Gasteiger partial charge in [0.15, 0.2) is 0 Å².